The summed E-state index contributed by atoms with van der Waals surface area (Å²) in [5.74, 6) is -2.42. The number of hydrogen-bond acceptors (Lipinski definition) is 5. The van der Waals surface area contributed by atoms with Gasteiger partial charge < -0.3 is 0 Å². The third-order valence-corrected chi connectivity index (χ3v) is 6.42. The van der Waals surface area contributed by atoms with Gasteiger partial charge in [-0.2, -0.15) is 0 Å². The van der Waals surface area contributed by atoms with Gasteiger partial charge >= 0.3 is 0 Å². The lowest BCUT2D eigenvalue weighted by Gasteiger charge is -2.29. The van der Waals surface area contributed by atoms with Gasteiger partial charge in [-0.25, -0.2) is 14.4 Å². The van der Waals surface area contributed by atoms with Gasteiger partial charge in [-0.15, -0.1) is 11.8 Å². The molecular weight excluding hydrogens is 415 g/mol. The Balaban J connectivity index is 1.59. The van der Waals surface area contributed by atoms with Gasteiger partial charge in [-0.05, 0) is 48.2 Å². The standard InChI is InChI=1S/C24H19FN2O3S/c1-31-17-13-11-15(12-14-17)21-20-22(30-27(21)16-7-3-2-4-8-16)24(29)26(23(20)28)19-10-6-5-9-18(19)25/h2-14,20-22H,1H3/t20-,21+,22+/m0/s1. The van der Waals surface area contributed by atoms with Crippen molar-refractivity contribution in [2.75, 3.05) is 16.2 Å². The fourth-order valence-corrected chi connectivity index (χ4v) is 4.63. The summed E-state index contributed by atoms with van der Waals surface area (Å²) in [6, 6.07) is 22.5. The second kappa shape index (κ2) is 7.83. The number of rotatable bonds is 4. The largest absolute Gasteiger partial charge is 0.273 e. The zero-order valence-electron chi connectivity index (χ0n) is 16.6. The van der Waals surface area contributed by atoms with Crippen LogP contribution in [0.2, 0.25) is 0 Å². The lowest BCUT2D eigenvalue weighted by molar-refractivity contribution is -0.126. The number of halogens is 1. The van der Waals surface area contributed by atoms with Crippen LogP contribution in [0.25, 0.3) is 0 Å². The number of hydroxylamine groups is 1. The maximum atomic E-state index is 14.4. The first kappa shape index (κ1) is 19.8. The van der Waals surface area contributed by atoms with Gasteiger partial charge in [0.05, 0.1) is 17.4 Å². The van der Waals surface area contributed by atoms with Crippen molar-refractivity contribution in [2.45, 2.75) is 17.0 Å². The molecule has 0 spiro atoms. The smallest absolute Gasteiger partial charge is 0.266 e. The Morgan fingerprint density at radius 1 is 0.871 bits per heavy atom. The molecule has 0 aromatic heterocycles. The number of fused-ring (bicyclic) bond motifs is 1. The molecule has 2 saturated heterocycles. The van der Waals surface area contributed by atoms with Crippen molar-refractivity contribution < 1.29 is 18.8 Å². The Bertz CT molecular complexity index is 1140. The molecule has 2 aliphatic heterocycles. The minimum Gasteiger partial charge on any atom is -0.273 e. The molecule has 0 unspecified atom stereocenters. The number of imide groups is 1. The number of hydrogen-bond donors (Lipinski definition) is 0. The normalized spacial score (nSPS) is 22.8. The highest BCUT2D eigenvalue weighted by molar-refractivity contribution is 7.98. The molecule has 156 valence electrons. The molecule has 5 nitrogen and oxygen atoms in total. The van der Waals surface area contributed by atoms with Gasteiger partial charge in [-0.3, -0.25) is 14.4 Å². The van der Waals surface area contributed by atoms with E-state index in [1.54, 1.807) is 22.9 Å². The van der Waals surface area contributed by atoms with Crippen molar-refractivity contribution in [1.82, 2.24) is 0 Å². The molecule has 0 bridgehead atoms. The maximum absolute atomic E-state index is 14.4. The molecule has 0 saturated carbocycles. The molecule has 2 heterocycles. The van der Waals surface area contributed by atoms with Crippen LogP contribution in [0.3, 0.4) is 0 Å². The van der Waals surface area contributed by atoms with E-state index in [2.05, 4.69) is 0 Å². The quantitative estimate of drug-likeness (QED) is 0.444. The zero-order chi connectivity index (χ0) is 21.5. The molecule has 3 atom stereocenters. The molecule has 2 amide bonds. The van der Waals surface area contributed by atoms with Crippen molar-refractivity contribution >= 4 is 35.0 Å². The number of carbonyl (C=O) groups is 2. The topological polar surface area (TPSA) is 49.9 Å². The zero-order valence-corrected chi connectivity index (χ0v) is 17.5. The number of benzene rings is 3. The van der Waals surface area contributed by atoms with Crippen LogP contribution in [0.5, 0.6) is 0 Å². The van der Waals surface area contributed by atoms with Crippen LogP contribution in [-0.2, 0) is 14.4 Å². The van der Waals surface area contributed by atoms with Crippen molar-refractivity contribution in [3.8, 4) is 0 Å². The summed E-state index contributed by atoms with van der Waals surface area (Å²) >= 11 is 1.62. The predicted molar refractivity (Wildman–Crippen MR) is 117 cm³/mol. The van der Waals surface area contributed by atoms with Crippen molar-refractivity contribution in [3.05, 3.63) is 90.2 Å². The van der Waals surface area contributed by atoms with Gasteiger partial charge in [-0.1, -0.05) is 42.5 Å². The lowest BCUT2D eigenvalue weighted by atomic mass is 9.90. The fourth-order valence-electron chi connectivity index (χ4n) is 4.22. The second-order valence-corrected chi connectivity index (χ2v) is 8.27. The monoisotopic (exact) mass is 434 g/mol. The average Bonchev–Trinajstić information content (AvgIpc) is 3.31. The summed E-state index contributed by atoms with van der Waals surface area (Å²) in [5, 5.41) is 1.64. The van der Waals surface area contributed by atoms with Crippen LogP contribution in [0, 0.1) is 11.7 Å². The van der Waals surface area contributed by atoms with Crippen LogP contribution in [0.15, 0.2) is 83.8 Å². The van der Waals surface area contributed by atoms with E-state index >= 15 is 0 Å². The number of nitrogens with zero attached hydrogens (tertiary/aromatic N) is 2. The van der Waals surface area contributed by atoms with E-state index in [1.165, 1.54) is 18.2 Å². The molecule has 3 aromatic rings. The minimum absolute atomic E-state index is 0.0433. The summed E-state index contributed by atoms with van der Waals surface area (Å²) in [5.41, 5.74) is 1.55. The predicted octanol–water partition coefficient (Wildman–Crippen LogP) is 4.60. The molecule has 0 N–H and O–H groups in total. The number of anilines is 2. The van der Waals surface area contributed by atoms with Crippen molar-refractivity contribution in [2.24, 2.45) is 5.92 Å². The van der Waals surface area contributed by atoms with Crippen LogP contribution in [0.4, 0.5) is 15.8 Å². The Hall–Kier alpha value is -3.16. The van der Waals surface area contributed by atoms with Gasteiger partial charge in [0.2, 0.25) is 5.91 Å². The number of thioether (sulfide) groups is 1. The molecule has 7 heteroatoms. The van der Waals surface area contributed by atoms with Crippen molar-refractivity contribution in [3.63, 3.8) is 0 Å². The van der Waals surface area contributed by atoms with Crippen LogP contribution >= 0.6 is 11.8 Å². The van der Waals surface area contributed by atoms with Crippen LogP contribution < -0.4 is 9.96 Å². The summed E-state index contributed by atoms with van der Waals surface area (Å²) in [6.07, 6.45) is 0.975. The van der Waals surface area contributed by atoms with E-state index in [4.69, 9.17) is 4.84 Å². The summed E-state index contributed by atoms with van der Waals surface area (Å²) in [7, 11) is 0. The van der Waals surface area contributed by atoms with Crippen LogP contribution in [0.1, 0.15) is 11.6 Å². The molecule has 0 radical (unpaired) electrons. The van der Waals surface area contributed by atoms with Gasteiger partial charge in [0.25, 0.3) is 5.91 Å². The lowest BCUT2D eigenvalue weighted by Crippen LogP contribution is -2.37. The minimum atomic E-state index is -1.02. The highest BCUT2D eigenvalue weighted by Crippen LogP contribution is 2.47. The molecule has 3 aromatic carbocycles. The van der Waals surface area contributed by atoms with E-state index in [1.807, 2.05) is 60.9 Å². The average molecular weight is 434 g/mol. The highest BCUT2D eigenvalue weighted by Gasteiger charge is 2.60. The first-order chi connectivity index (χ1) is 15.1. The summed E-state index contributed by atoms with van der Waals surface area (Å²) in [6.45, 7) is 0. The van der Waals surface area contributed by atoms with Gasteiger partial charge in [0.15, 0.2) is 6.10 Å². The van der Waals surface area contributed by atoms with E-state index < -0.39 is 35.7 Å². The number of para-hydroxylation sites is 2. The first-order valence-electron chi connectivity index (χ1n) is 9.87. The molecule has 2 fully saturated rings. The second-order valence-electron chi connectivity index (χ2n) is 7.39. The summed E-state index contributed by atoms with van der Waals surface area (Å²) in [4.78, 5) is 34.7. The molecule has 31 heavy (non-hydrogen) atoms. The molecular formula is C24H19FN2O3S. The van der Waals surface area contributed by atoms with Crippen molar-refractivity contribution in [1.29, 1.82) is 0 Å². The Labute approximate surface area is 183 Å². The Kier molecular flexibility index (Phi) is 5.00. The SMILES string of the molecule is CSc1ccc([C@@H]2[C@@H]3C(=O)N(c4ccccc4F)C(=O)[C@@H]3ON2c2ccccc2)cc1. The third-order valence-electron chi connectivity index (χ3n) is 5.68. The fraction of sp³-hybridized carbons (Fsp3) is 0.167. The van der Waals surface area contributed by atoms with E-state index in [9.17, 15) is 14.0 Å². The van der Waals surface area contributed by atoms with Gasteiger partial charge in [0.1, 0.15) is 11.7 Å². The first-order valence-corrected chi connectivity index (χ1v) is 11.1. The molecule has 2 aliphatic rings. The highest BCUT2D eigenvalue weighted by atomic mass is 32.2. The van der Waals surface area contributed by atoms with Crippen LogP contribution in [-0.4, -0.2) is 24.2 Å². The number of amides is 2. The number of carbonyl (C=O) groups excluding carboxylic acids is 2. The third kappa shape index (κ3) is 3.21. The summed E-state index contributed by atoms with van der Waals surface area (Å²) < 4.78 is 14.4. The molecule has 5 rings (SSSR count). The van der Waals surface area contributed by atoms with Gasteiger partial charge in [0, 0.05) is 4.90 Å². The Morgan fingerprint density at radius 2 is 1.55 bits per heavy atom. The Morgan fingerprint density at radius 3 is 2.23 bits per heavy atom. The van der Waals surface area contributed by atoms with E-state index in [-0.39, 0.29) is 5.69 Å². The maximum Gasteiger partial charge on any atom is 0.266 e. The van der Waals surface area contributed by atoms with E-state index in [0.29, 0.717) is 0 Å². The van der Waals surface area contributed by atoms with E-state index in [0.717, 1.165) is 21.0 Å². The molecule has 0 aliphatic carbocycles.